The van der Waals surface area contributed by atoms with Gasteiger partial charge in [-0.3, -0.25) is 10.5 Å². The largest absolute Gasteiger partial charge is 0.341 e. The van der Waals surface area contributed by atoms with Crippen LogP contribution in [0.2, 0.25) is 5.02 Å². The van der Waals surface area contributed by atoms with Gasteiger partial charge in [0.05, 0.1) is 11.1 Å². The molecule has 0 radical (unpaired) electrons. The van der Waals surface area contributed by atoms with Crippen molar-refractivity contribution in [2.24, 2.45) is 4.99 Å². The molecule has 0 saturated carbocycles. The lowest BCUT2D eigenvalue weighted by Crippen LogP contribution is -2.46. The van der Waals surface area contributed by atoms with Crippen molar-refractivity contribution < 1.29 is 9.94 Å². The van der Waals surface area contributed by atoms with Gasteiger partial charge in [-0.25, -0.2) is 10.1 Å². The molecule has 1 atom stereocenters. The van der Waals surface area contributed by atoms with Crippen LogP contribution in [0.5, 0.6) is 0 Å². The lowest BCUT2D eigenvalue weighted by atomic mass is 10.1. The first kappa shape index (κ1) is 16.7. The number of methoxy groups -OCH3 is 1. The summed E-state index contributed by atoms with van der Waals surface area (Å²) in [4.78, 5) is 4.68. The van der Waals surface area contributed by atoms with Crippen molar-refractivity contribution in [2.75, 3.05) is 14.2 Å². The highest BCUT2D eigenvalue weighted by molar-refractivity contribution is 6.30. The van der Waals surface area contributed by atoms with Crippen LogP contribution in [0.25, 0.3) is 5.70 Å². The summed E-state index contributed by atoms with van der Waals surface area (Å²) in [6.07, 6.45) is 3.16. The number of nitrogens with zero attached hydrogens (tertiary/aromatic N) is 2. The van der Waals surface area contributed by atoms with E-state index >= 15 is 0 Å². The highest BCUT2D eigenvalue weighted by Gasteiger charge is 2.25. The Morgan fingerprint density at radius 3 is 2.62 bits per heavy atom. The maximum absolute atomic E-state index is 10.6. The van der Waals surface area contributed by atoms with E-state index in [1.165, 1.54) is 6.20 Å². The van der Waals surface area contributed by atoms with Gasteiger partial charge in [0.15, 0.2) is 0 Å². The summed E-state index contributed by atoms with van der Waals surface area (Å²) < 4.78 is 5.50. The fraction of sp³-hybridized carbons (Fsp3) is 0.167. The molecular weight excluding hydrogens is 326 g/mol. The van der Waals surface area contributed by atoms with Gasteiger partial charge in [-0.2, -0.15) is 0 Å². The number of likely N-dealkylation sites (N-methyl/N-ethyl adjacent to an activating group) is 1. The molecule has 24 heavy (non-hydrogen) atoms. The Balaban J connectivity index is 2.44. The first-order chi connectivity index (χ1) is 11.6. The van der Waals surface area contributed by atoms with Crippen molar-refractivity contribution in [2.45, 2.75) is 5.85 Å². The van der Waals surface area contributed by atoms with E-state index in [9.17, 15) is 5.21 Å². The Labute approximate surface area is 145 Å². The second-order valence-corrected chi connectivity index (χ2v) is 5.74. The zero-order valence-corrected chi connectivity index (χ0v) is 14.2. The van der Waals surface area contributed by atoms with E-state index in [1.54, 1.807) is 38.4 Å². The average molecular weight is 344 g/mol. The van der Waals surface area contributed by atoms with Crippen LogP contribution in [0, 0.1) is 0 Å². The van der Waals surface area contributed by atoms with Crippen LogP contribution in [0.3, 0.4) is 0 Å². The minimum atomic E-state index is -1.08. The van der Waals surface area contributed by atoms with Crippen molar-refractivity contribution >= 4 is 17.3 Å². The molecule has 0 spiro atoms. The van der Waals surface area contributed by atoms with Gasteiger partial charge in [-0.15, -0.1) is 0 Å². The van der Waals surface area contributed by atoms with Crippen LogP contribution in [-0.4, -0.2) is 30.3 Å². The molecule has 0 amide bonds. The zero-order valence-electron chi connectivity index (χ0n) is 13.4. The van der Waals surface area contributed by atoms with Crippen molar-refractivity contribution in [1.82, 2.24) is 10.4 Å². The standard InChI is InChI=1S/C18H18ClN3O2/c1-20-18(24-2)10-11-22(23)17(13-6-4-3-5-7-13)15-12-14(19)8-9-16(15)21-18/h3-12,20,23H,1-2H3. The molecule has 0 aromatic heterocycles. The third-order valence-electron chi connectivity index (χ3n) is 3.89. The van der Waals surface area contributed by atoms with Crippen LogP contribution in [0.4, 0.5) is 0 Å². The molecule has 124 valence electrons. The summed E-state index contributed by atoms with van der Waals surface area (Å²) in [5.74, 6) is -1.08. The molecule has 0 fully saturated rings. The fourth-order valence-corrected chi connectivity index (χ4v) is 2.79. The van der Waals surface area contributed by atoms with Gasteiger partial charge in [0, 0.05) is 35.2 Å². The van der Waals surface area contributed by atoms with E-state index in [-0.39, 0.29) is 0 Å². The Morgan fingerprint density at radius 2 is 1.96 bits per heavy atom. The lowest BCUT2D eigenvalue weighted by Gasteiger charge is -2.27. The number of hydrogen-bond donors (Lipinski definition) is 2. The molecule has 1 aliphatic rings. The molecule has 1 unspecified atom stereocenters. The number of benzene rings is 2. The molecule has 1 heterocycles. The van der Waals surface area contributed by atoms with Crippen LogP contribution in [-0.2, 0) is 4.74 Å². The van der Waals surface area contributed by atoms with Gasteiger partial charge in [0.2, 0.25) is 5.85 Å². The van der Waals surface area contributed by atoms with Crippen molar-refractivity contribution in [3.05, 3.63) is 82.0 Å². The maximum Gasteiger partial charge on any atom is 0.237 e. The Kier molecular flexibility index (Phi) is 4.69. The highest BCUT2D eigenvalue weighted by Crippen LogP contribution is 2.18. The first-order valence-electron chi connectivity index (χ1n) is 7.45. The highest BCUT2D eigenvalue weighted by atomic mass is 35.5. The fourth-order valence-electron chi connectivity index (χ4n) is 2.62. The number of halogens is 1. The summed E-state index contributed by atoms with van der Waals surface area (Å²) in [5.41, 5.74) is 1.44. The number of fused-ring (bicyclic) bond motifs is 1. The Hall–Kier alpha value is -2.18. The predicted octanol–water partition coefficient (Wildman–Crippen LogP) is 1.85. The number of ether oxygens (including phenoxy) is 1. The Bertz CT molecular complexity index is 877. The van der Waals surface area contributed by atoms with Crippen molar-refractivity contribution in [3.8, 4) is 0 Å². The average Bonchev–Trinajstić information content (AvgIpc) is 2.60. The third kappa shape index (κ3) is 3.07. The molecule has 0 aliphatic carbocycles. The summed E-state index contributed by atoms with van der Waals surface area (Å²) in [6.45, 7) is 0. The minimum Gasteiger partial charge on any atom is -0.341 e. The topological polar surface area (TPSA) is 57.1 Å². The lowest BCUT2D eigenvalue weighted by molar-refractivity contribution is -0.00187. The third-order valence-corrected chi connectivity index (χ3v) is 4.12. The van der Waals surface area contributed by atoms with Crippen molar-refractivity contribution in [3.63, 3.8) is 0 Å². The molecule has 2 aromatic rings. The van der Waals surface area contributed by atoms with E-state index in [0.717, 1.165) is 10.6 Å². The molecule has 2 N–H and O–H groups in total. The van der Waals surface area contributed by atoms with E-state index in [1.807, 2.05) is 30.3 Å². The number of hydroxylamine groups is 2. The van der Waals surface area contributed by atoms with Gasteiger partial charge in [0.1, 0.15) is 0 Å². The molecule has 1 aliphatic heterocycles. The Morgan fingerprint density at radius 1 is 1.21 bits per heavy atom. The molecule has 3 rings (SSSR count). The van der Waals surface area contributed by atoms with Crippen molar-refractivity contribution in [1.29, 1.82) is 0 Å². The van der Waals surface area contributed by atoms with Crippen LogP contribution < -0.4 is 15.9 Å². The number of rotatable bonds is 3. The first-order valence-corrected chi connectivity index (χ1v) is 7.83. The van der Waals surface area contributed by atoms with Crippen LogP contribution >= 0.6 is 11.6 Å². The molecule has 5 nitrogen and oxygen atoms in total. The SMILES string of the molecule is CNC1(OC)C=CN(O)C(c2ccccc2)=c2cc(Cl)ccc2=N1. The van der Waals surface area contributed by atoms with E-state index in [0.29, 0.717) is 21.3 Å². The summed E-state index contributed by atoms with van der Waals surface area (Å²) in [5, 5.41) is 16.6. The zero-order chi connectivity index (χ0) is 17.2. The van der Waals surface area contributed by atoms with Gasteiger partial charge in [-0.05, 0) is 25.2 Å². The maximum atomic E-state index is 10.6. The van der Waals surface area contributed by atoms with Gasteiger partial charge >= 0.3 is 0 Å². The molecular formula is C18H18ClN3O2. The van der Waals surface area contributed by atoms with E-state index in [2.05, 4.69) is 10.3 Å². The summed E-state index contributed by atoms with van der Waals surface area (Å²) in [7, 11) is 3.28. The second-order valence-electron chi connectivity index (χ2n) is 5.30. The number of hydrogen-bond acceptors (Lipinski definition) is 5. The quantitative estimate of drug-likeness (QED) is 0.835. The predicted molar refractivity (Wildman–Crippen MR) is 92.8 cm³/mol. The van der Waals surface area contributed by atoms with E-state index in [4.69, 9.17) is 16.3 Å². The molecule has 6 heteroatoms. The molecule has 2 aromatic carbocycles. The molecule has 0 saturated heterocycles. The van der Waals surface area contributed by atoms with Gasteiger partial charge in [-0.1, -0.05) is 41.9 Å². The van der Waals surface area contributed by atoms with Crippen LogP contribution in [0.15, 0.2) is 65.8 Å². The monoisotopic (exact) mass is 343 g/mol. The minimum absolute atomic E-state index is 0.558. The van der Waals surface area contributed by atoms with E-state index < -0.39 is 5.85 Å². The van der Waals surface area contributed by atoms with Crippen LogP contribution in [0.1, 0.15) is 5.56 Å². The molecule has 0 bridgehead atoms. The second kappa shape index (κ2) is 6.75. The summed E-state index contributed by atoms with van der Waals surface area (Å²) >= 11 is 6.19. The number of nitrogens with one attached hydrogen (secondary N) is 1. The smallest absolute Gasteiger partial charge is 0.237 e. The summed E-state index contributed by atoms with van der Waals surface area (Å²) in [6, 6.07) is 14.9. The van der Waals surface area contributed by atoms with Gasteiger partial charge < -0.3 is 4.74 Å². The normalized spacial score (nSPS) is 20.2. The van der Waals surface area contributed by atoms with Gasteiger partial charge in [0.25, 0.3) is 0 Å².